The molecule has 2 fully saturated rings. The average Bonchev–Trinajstić information content (AvgIpc) is 2.96. The van der Waals surface area contributed by atoms with Gasteiger partial charge in [0.05, 0.1) is 6.33 Å². The van der Waals surface area contributed by atoms with Crippen LogP contribution in [0.2, 0.25) is 0 Å². The highest BCUT2D eigenvalue weighted by atomic mass is 19.1. The molecule has 1 saturated heterocycles. The van der Waals surface area contributed by atoms with Crippen LogP contribution in [-0.2, 0) is 6.54 Å². The summed E-state index contributed by atoms with van der Waals surface area (Å²) in [6.07, 6.45) is 9.55. The van der Waals surface area contributed by atoms with Gasteiger partial charge in [0.15, 0.2) is 0 Å². The molecule has 23 heavy (non-hydrogen) atoms. The van der Waals surface area contributed by atoms with E-state index in [1.165, 1.54) is 12.8 Å². The van der Waals surface area contributed by atoms with Crippen LogP contribution in [0.15, 0.2) is 43.0 Å². The average molecular weight is 314 g/mol. The standard InChI is InChI=1S/C18H23FN4/c19-15-1-3-17(4-2-15)23-9-5-16(11-23)21-12-18(6-7-18)13-22-10-8-20-14-22/h1-4,8,10,14,16,21H,5-7,9,11-13H2/t16-/m1/s1. The summed E-state index contributed by atoms with van der Waals surface area (Å²) in [4.78, 5) is 6.47. The van der Waals surface area contributed by atoms with Crippen LogP contribution in [0.1, 0.15) is 19.3 Å². The van der Waals surface area contributed by atoms with Crippen molar-refractivity contribution in [3.63, 3.8) is 0 Å². The smallest absolute Gasteiger partial charge is 0.123 e. The van der Waals surface area contributed by atoms with Crippen LogP contribution in [0.3, 0.4) is 0 Å². The minimum atomic E-state index is -0.169. The second kappa shape index (κ2) is 5.96. The van der Waals surface area contributed by atoms with E-state index >= 15 is 0 Å². The van der Waals surface area contributed by atoms with Crippen molar-refractivity contribution in [2.45, 2.75) is 31.8 Å². The fraction of sp³-hybridized carbons (Fsp3) is 0.500. The van der Waals surface area contributed by atoms with E-state index in [0.717, 1.165) is 38.3 Å². The first-order valence-electron chi connectivity index (χ1n) is 8.42. The molecule has 1 aliphatic heterocycles. The summed E-state index contributed by atoms with van der Waals surface area (Å²) in [7, 11) is 0. The van der Waals surface area contributed by atoms with Gasteiger partial charge in [-0.05, 0) is 43.5 Å². The van der Waals surface area contributed by atoms with Gasteiger partial charge in [0.25, 0.3) is 0 Å². The van der Waals surface area contributed by atoms with Gasteiger partial charge in [-0.15, -0.1) is 0 Å². The van der Waals surface area contributed by atoms with Crippen LogP contribution >= 0.6 is 0 Å². The summed E-state index contributed by atoms with van der Waals surface area (Å²) >= 11 is 0. The van der Waals surface area contributed by atoms with Gasteiger partial charge >= 0.3 is 0 Å². The molecule has 1 aromatic carbocycles. The molecule has 1 aromatic heterocycles. The van der Waals surface area contributed by atoms with Crippen molar-refractivity contribution in [1.82, 2.24) is 14.9 Å². The van der Waals surface area contributed by atoms with Crippen LogP contribution in [0.4, 0.5) is 10.1 Å². The first-order valence-corrected chi connectivity index (χ1v) is 8.42. The first kappa shape index (κ1) is 14.7. The van der Waals surface area contributed by atoms with E-state index in [2.05, 4.69) is 19.8 Å². The molecule has 0 radical (unpaired) electrons. The summed E-state index contributed by atoms with van der Waals surface area (Å²) in [6.45, 7) is 4.19. The summed E-state index contributed by atoms with van der Waals surface area (Å²) in [5, 5.41) is 3.76. The maximum Gasteiger partial charge on any atom is 0.123 e. The Hall–Kier alpha value is -1.88. The van der Waals surface area contributed by atoms with E-state index in [0.29, 0.717) is 11.5 Å². The Bertz CT molecular complexity index is 634. The maximum atomic E-state index is 13.0. The highest BCUT2D eigenvalue weighted by molar-refractivity contribution is 5.47. The Balaban J connectivity index is 1.28. The molecule has 2 aliphatic rings. The number of hydrogen-bond donors (Lipinski definition) is 1. The molecular weight excluding hydrogens is 291 g/mol. The molecule has 0 bridgehead atoms. The normalized spacial score (nSPS) is 22.5. The highest BCUT2D eigenvalue weighted by Gasteiger charge is 2.43. The highest BCUT2D eigenvalue weighted by Crippen LogP contribution is 2.46. The quantitative estimate of drug-likeness (QED) is 0.890. The van der Waals surface area contributed by atoms with Crippen LogP contribution in [-0.4, -0.2) is 35.2 Å². The monoisotopic (exact) mass is 314 g/mol. The van der Waals surface area contributed by atoms with Gasteiger partial charge < -0.3 is 14.8 Å². The van der Waals surface area contributed by atoms with E-state index in [9.17, 15) is 4.39 Å². The third-order valence-electron chi connectivity index (χ3n) is 5.18. The zero-order chi connectivity index (χ0) is 15.7. The largest absolute Gasteiger partial charge is 0.370 e. The van der Waals surface area contributed by atoms with Crippen molar-refractivity contribution in [3.8, 4) is 0 Å². The third kappa shape index (κ3) is 3.39. The SMILES string of the molecule is Fc1ccc(N2CC[C@@H](NCC3(Cn4ccnc4)CC3)C2)cc1. The molecule has 1 aliphatic carbocycles. The Morgan fingerprint density at radius 2 is 2.09 bits per heavy atom. The molecule has 5 heteroatoms. The van der Waals surface area contributed by atoms with E-state index in [4.69, 9.17) is 0 Å². The van der Waals surface area contributed by atoms with Crippen LogP contribution < -0.4 is 10.2 Å². The molecule has 1 N–H and O–H groups in total. The van der Waals surface area contributed by atoms with E-state index < -0.39 is 0 Å². The van der Waals surface area contributed by atoms with Crippen LogP contribution in [0.25, 0.3) is 0 Å². The second-order valence-electron chi connectivity index (χ2n) is 7.02. The number of anilines is 1. The molecule has 2 aromatic rings. The van der Waals surface area contributed by atoms with E-state index in [-0.39, 0.29) is 5.82 Å². The van der Waals surface area contributed by atoms with Crippen molar-refractivity contribution >= 4 is 5.69 Å². The van der Waals surface area contributed by atoms with Crippen molar-refractivity contribution in [2.75, 3.05) is 24.5 Å². The minimum Gasteiger partial charge on any atom is -0.370 e. The lowest BCUT2D eigenvalue weighted by molar-refractivity contribution is 0.371. The number of nitrogens with zero attached hydrogens (tertiary/aromatic N) is 3. The molecule has 0 amide bonds. The predicted molar refractivity (Wildman–Crippen MR) is 88.9 cm³/mol. The first-order chi connectivity index (χ1) is 11.2. The molecule has 2 heterocycles. The lowest BCUT2D eigenvalue weighted by Crippen LogP contribution is -2.37. The number of hydrogen-bond acceptors (Lipinski definition) is 3. The summed E-state index contributed by atoms with van der Waals surface area (Å²) in [5.41, 5.74) is 1.54. The number of imidazole rings is 1. The Morgan fingerprint density at radius 3 is 2.78 bits per heavy atom. The van der Waals surface area contributed by atoms with Crippen molar-refractivity contribution in [1.29, 1.82) is 0 Å². The van der Waals surface area contributed by atoms with Crippen LogP contribution in [0, 0.1) is 11.2 Å². The second-order valence-corrected chi connectivity index (χ2v) is 7.02. The van der Waals surface area contributed by atoms with Gasteiger partial charge in [-0.3, -0.25) is 0 Å². The van der Waals surface area contributed by atoms with Gasteiger partial charge in [-0.25, -0.2) is 9.37 Å². The Kier molecular flexibility index (Phi) is 3.81. The number of benzene rings is 1. The predicted octanol–water partition coefficient (Wildman–Crippen LogP) is 2.67. The van der Waals surface area contributed by atoms with Gasteiger partial charge in [0.2, 0.25) is 0 Å². The zero-order valence-corrected chi connectivity index (χ0v) is 13.3. The molecule has 122 valence electrons. The summed E-state index contributed by atoms with van der Waals surface area (Å²) in [5.74, 6) is -0.169. The minimum absolute atomic E-state index is 0.169. The van der Waals surface area contributed by atoms with Gasteiger partial charge in [-0.1, -0.05) is 0 Å². The van der Waals surface area contributed by atoms with Crippen LogP contribution in [0.5, 0.6) is 0 Å². The molecule has 4 nitrogen and oxygen atoms in total. The molecule has 0 spiro atoms. The third-order valence-corrected chi connectivity index (χ3v) is 5.18. The van der Waals surface area contributed by atoms with Gasteiger partial charge in [0, 0.05) is 55.7 Å². The lowest BCUT2D eigenvalue weighted by Gasteiger charge is -2.22. The lowest BCUT2D eigenvalue weighted by atomic mass is 10.1. The molecule has 1 saturated carbocycles. The van der Waals surface area contributed by atoms with E-state index in [1.807, 2.05) is 30.9 Å². The molecule has 0 unspecified atom stereocenters. The fourth-order valence-electron chi connectivity index (χ4n) is 3.51. The Labute approximate surface area is 136 Å². The van der Waals surface area contributed by atoms with Crippen molar-refractivity contribution in [3.05, 3.63) is 48.8 Å². The zero-order valence-electron chi connectivity index (χ0n) is 13.3. The summed E-state index contributed by atoms with van der Waals surface area (Å²) in [6, 6.07) is 7.36. The van der Waals surface area contributed by atoms with Crippen molar-refractivity contribution in [2.24, 2.45) is 5.41 Å². The van der Waals surface area contributed by atoms with Crippen molar-refractivity contribution < 1.29 is 4.39 Å². The summed E-state index contributed by atoms with van der Waals surface area (Å²) < 4.78 is 15.2. The van der Waals surface area contributed by atoms with Gasteiger partial charge in [-0.2, -0.15) is 0 Å². The fourth-order valence-corrected chi connectivity index (χ4v) is 3.51. The van der Waals surface area contributed by atoms with E-state index in [1.54, 1.807) is 12.1 Å². The molecular formula is C18H23FN4. The number of halogens is 1. The van der Waals surface area contributed by atoms with Gasteiger partial charge in [0.1, 0.15) is 5.82 Å². The maximum absolute atomic E-state index is 13.0. The number of aromatic nitrogens is 2. The molecule has 4 rings (SSSR count). The number of rotatable bonds is 6. The Morgan fingerprint density at radius 1 is 1.26 bits per heavy atom. The topological polar surface area (TPSA) is 33.1 Å². The molecule has 1 atom stereocenters. The number of nitrogens with one attached hydrogen (secondary N) is 1.